The van der Waals surface area contributed by atoms with E-state index in [1.54, 1.807) is 30.2 Å². The van der Waals surface area contributed by atoms with Gasteiger partial charge in [-0.15, -0.1) is 0 Å². The quantitative estimate of drug-likeness (QED) is 0.577. The maximum atomic E-state index is 13.2. The maximum Gasteiger partial charge on any atom is 0.282 e. The second kappa shape index (κ2) is 7.71. The number of aliphatic imine (C=N–C) groups is 1. The molecule has 3 aromatic carbocycles. The smallest absolute Gasteiger partial charge is 0.282 e. The molecule has 0 saturated heterocycles. The first kappa shape index (κ1) is 18.0. The molecule has 0 aromatic heterocycles. The molecule has 3 aromatic rings. The van der Waals surface area contributed by atoms with Crippen molar-refractivity contribution in [2.75, 3.05) is 12.0 Å². The number of ether oxygens (including phenoxy) is 1. The summed E-state index contributed by atoms with van der Waals surface area (Å²) in [5.74, 6) is 1.14. The van der Waals surface area contributed by atoms with Crippen LogP contribution in [0.25, 0.3) is 6.08 Å². The van der Waals surface area contributed by atoms with Crippen LogP contribution in [0, 0.1) is 0 Å². The third kappa shape index (κ3) is 3.55. The number of carbonyl (C=O) groups excluding carboxylic acids is 1. The molecule has 1 aliphatic heterocycles. The Balaban J connectivity index is 1.79. The van der Waals surface area contributed by atoms with E-state index in [9.17, 15) is 4.79 Å². The van der Waals surface area contributed by atoms with Gasteiger partial charge in [0.25, 0.3) is 5.91 Å². The Hall–Kier alpha value is -3.37. The first-order valence-corrected chi connectivity index (χ1v) is 9.13. The minimum absolute atomic E-state index is 0.197. The van der Waals surface area contributed by atoms with Crippen LogP contribution < -0.4 is 9.64 Å². The van der Waals surface area contributed by atoms with Gasteiger partial charge in [-0.2, -0.15) is 0 Å². The lowest BCUT2D eigenvalue weighted by Gasteiger charge is -2.18. The summed E-state index contributed by atoms with van der Waals surface area (Å²) in [7, 11) is 1.62. The van der Waals surface area contributed by atoms with Crippen LogP contribution in [0.3, 0.4) is 0 Å². The Bertz CT molecular complexity index is 1070. The largest absolute Gasteiger partial charge is 0.497 e. The van der Waals surface area contributed by atoms with E-state index in [-0.39, 0.29) is 5.91 Å². The number of amidine groups is 1. The lowest BCUT2D eigenvalue weighted by Crippen LogP contribution is -2.32. The molecule has 1 amide bonds. The molecule has 1 aliphatic rings. The number of rotatable bonds is 4. The van der Waals surface area contributed by atoms with Crippen LogP contribution in [0.1, 0.15) is 11.1 Å². The summed E-state index contributed by atoms with van der Waals surface area (Å²) in [5, 5.41) is 0.560. The van der Waals surface area contributed by atoms with Crippen molar-refractivity contribution < 1.29 is 9.53 Å². The summed E-state index contributed by atoms with van der Waals surface area (Å²) in [4.78, 5) is 19.4. The number of anilines is 1. The fourth-order valence-corrected chi connectivity index (χ4v) is 3.19. The van der Waals surface area contributed by atoms with Gasteiger partial charge < -0.3 is 4.74 Å². The molecule has 4 nitrogen and oxygen atoms in total. The van der Waals surface area contributed by atoms with Gasteiger partial charge in [-0.1, -0.05) is 60.1 Å². The summed E-state index contributed by atoms with van der Waals surface area (Å²) < 4.78 is 5.19. The highest BCUT2D eigenvalue weighted by molar-refractivity contribution is 6.34. The van der Waals surface area contributed by atoms with Gasteiger partial charge >= 0.3 is 0 Å². The van der Waals surface area contributed by atoms with Crippen LogP contribution in [-0.4, -0.2) is 18.9 Å². The number of methoxy groups -OCH3 is 1. The predicted molar refractivity (Wildman–Crippen MR) is 113 cm³/mol. The zero-order valence-corrected chi connectivity index (χ0v) is 15.9. The summed E-state index contributed by atoms with van der Waals surface area (Å²) >= 11 is 6.16. The van der Waals surface area contributed by atoms with Crippen LogP contribution in [0.2, 0.25) is 5.02 Å². The Labute approximate surface area is 168 Å². The molecule has 0 bridgehead atoms. The summed E-state index contributed by atoms with van der Waals surface area (Å²) in [5.41, 5.74) is 2.77. The molecule has 0 aliphatic carbocycles. The van der Waals surface area contributed by atoms with E-state index < -0.39 is 0 Å². The number of halogens is 1. The molecular formula is C23H17ClN2O2. The highest BCUT2D eigenvalue weighted by atomic mass is 35.5. The number of hydrogen-bond acceptors (Lipinski definition) is 3. The van der Waals surface area contributed by atoms with E-state index in [0.717, 1.165) is 16.9 Å². The Morgan fingerprint density at radius 2 is 1.71 bits per heavy atom. The van der Waals surface area contributed by atoms with E-state index in [1.807, 2.05) is 66.7 Å². The lowest BCUT2D eigenvalue weighted by atomic mass is 10.1. The second-order valence-electron chi connectivity index (χ2n) is 6.22. The van der Waals surface area contributed by atoms with Gasteiger partial charge in [0.15, 0.2) is 0 Å². The summed E-state index contributed by atoms with van der Waals surface area (Å²) in [6.07, 6.45) is 1.77. The number of carbonyl (C=O) groups is 1. The van der Waals surface area contributed by atoms with Crippen LogP contribution in [0.4, 0.5) is 5.69 Å². The van der Waals surface area contributed by atoms with Gasteiger partial charge in [0.2, 0.25) is 0 Å². The summed E-state index contributed by atoms with van der Waals surface area (Å²) in [6, 6.07) is 24.3. The Kier molecular flexibility index (Phi) is 4.96. The first-order chi connectivity index (χ1) is 13.7. The predicted octanol–water partition coefficient (Wildman–Crippen LogP) is 5.18. The van der Waals surface area contributed by atoms with Gasteiger partial charge in [-0.25, -0.2) is 4.99 Å². The average molecular weight is 389 g/mol. The third-order valence-electron chi connectivity index (χ3n) is 4.38. The molecule has 138 valence electrons. The fraction of sp³-hybridized carbons (Fsp3) is 0.0435. The van der Waals surface area contributed by atoms with E-state index in [2.05, 4.69) is 4.99 Å². The molecule has 0 unspecified atom stereocenters. The van der Waals surface area contributed by atoms with Crippen molar-refractivity contribution in [3.63, 3.8) is 0 Å². The van der Waals surface area contributed by atoms with Crippen molar-refractivity contribution in [1.82, 2.24) is 0 Å². The molecule has 0 N–H and O–H groups in total. The molecule has 0 atom stereocenters. The first-order valence-electron chi connectivity index (χ1n) is 8.75. The van der Waals surface area contributed by atoms with E-state index in [1.165, 1.54) is 0 Å². The standard InChI is InChI=1S/C23H17ClN2O2/c1-28-20-12-10-16(11-13-20)14-21-23(27)26(19-9-5-8-18(24)15-19)22(25-21)17-6-3-2-4-7-17/h2-15H,1H3. The highest BCUT2D eigenvalue weighted by Gasteiger charge is 2.32. The van der Waals surface area contributed by atoms with Crippen LogP contribution in [-0.2, 0) is 4.79 Å². The minimum atomic E-state index is -0.197. The SMILES string of the molecule is COc1ccc(C=C2N=C(c3ccccc3)N(c3cccc(Cl)c3)C2=O)cc1. The average Bonchev–Trinajstić information content (AvgIpc) is 3.05. The van der Waals surface area contributed by atoms with Gasteiger partial charge in [-0.3, -0.25) is 9.69 Å². The fourth-order valence-electron chi connectivity index (χ4n) is 3.01. The number of benzene rings is 3. The molecule has 4 rings (SSSR count). The number of hydrogen-bond donors (Lipinski definition) is 0. The summed E-state index contributed by atoms with van der Waals surface area (Å²) in [6.45, 7) is 0. The monoisotopic (exact) mass is 388 g/mol. The van der Waals surface area contributed by atoms with Crippen molar-refractivity contribution in [3.8, 4) is 5.75 Å². The molecule has 0 radical (unpaired) electrons. The molecule has 0 fully saturated rings. The number of amides is 1. The normalized spacial score (nSPS) is 15.1. The van der Waals surface area contributed by atoms with E-state index >= 15 is 0 Å². The zero-order valence-electron chi connectivity index (χ0n) is 15.2. The van der Waals surface area contributed by atoms with Gasteiger partial charge in [0.1, 0.15) is 17.3 Å². The van der Waals surface area contributed by atoms with Crippen molar-refractivity contribution in [2.45, 2.75) is 0 Å². The van der Waals surface area contributed by atoms with Crippen molar-refractivity contribution >= 4 is 35.1 Å². The zero-order chi connectivity index (χ0) is 19.5. The third-order valence-corrected chi connectivity index (χ3v) is 4.61. The Morgan fingerprint density at radius 3 is 2.39 bits per heavy atom. The van der Waals surface area contributed by atoms with E-state index in [0.29, 0.717) is 22.2 Å². The molecule has 28 heavy (non-hydrogen) atoms. The van der Waals surface area contributed by atoms with Gasteiger partial charge in [0, 0.05) is 10.6 Å². The van der Waals surface area contributed by atoms with Crippen molar-refractivity contribution in [1.29, 1.82) is 0 Å². The molecule has 0 spiro atoms. The second-order valence-corrected chi connectivity index (χ2v) is 6.66. The molecule has 5 heteroatoms. The highest BCUT2D eigenvalue weighted by Crippen LogP contribution is 2.29. The van der Waals surface area contributed by atoms with Crippen LogP contribution in [0.5, 0.6) is 5.75 Å². The number of nitrogens with zero attached hydrogens (tertiary/aromatic N) is 2. The molecule has 1 heterocycles. The minimum Gasteiger partial charge on any atom is -0.497 e. The van der Waals surface area contributed by atoms with Crippen molar-refractivity contribution in [2.24, 2.45) is 4.99 Å². The van der Waals surface area contributed by atoms with Crippen LogP contribution in [0.15, 0.2) is 89.6 Å². The van der Waals surface area contributed by atoms with Crippen molar-refractivity contribution in [3.05, 3.63) is 101 Å². The maximum absolute atomic E-state index is 13.2. The van der Waals surface area contributed by atoms with Crippen LogP contribution >= 0.6 is 11.6 Å². The molecular weight excluding hydrogens is 372 g/mol. The molecule has 0 saturated carbocycles. The van der Waals surface area contributed by atoms with Gasteiger partial charge in [-0.05, 0) is 42.0 Å². The van der Waals surface area contributed by atoms with Gasteiger partial charge in [0.05, 0.1) is 12.8 Å². The Morgan fingerprint density at radius 1 is 0.964 bits per heavy atom. The lowest BCUT2D eigenvalue weighted by molar-refractivity contribution is -0.113. The van der Waals surface area contributed by atoms with E-state index in [4.69, 9.17) is 16.3 Å². The topological polar surface area (TPSA) is 41.9 Å².